The SMILES string of the molecule is CCNC(=NCCOC)N1CC2C3CCC(O3)C2C1. The number of rotatable bonds is 4. The lowest BCUT2D eigenvalue weighted by Crippen LogP contribution is -2.41. The van der Waals surface area contributed by atoms with Gasteiger partial charge in [0.15, 0.2) is 5.96 Å². The zero-order chi connectivity index (χ0) is 13.2. The molecule has 5 heteroatoms. The molecule has 0 aromatic heterocycles. The quantitative estimate of drug-likeness (QED) is 0.463. The molecule has 3 heterocycles. The fourth-order valence-corrected chi connectivity index (χ4v) is 3.80. The molecule has 3 aliphatic heterocycles. The smallest absolute Gasteiger partial charge is 0.194 e. The summed E-state index contributed by atoms with van der Waals surface area (Å²) in [6.45, 7) is 6.66. The van der Waals surface area contributed by atoms with E-state index in [9.17, 15) is 0 Å². The third kappa shape index (κ3) is 2.46. The van der Waals surface area contributed by atoms with Gasteiger partial charge in [-0.1, -0.05) is 0 Å². The molecule has 3 aliphatic rings. The van der Waals surface area contributed by atoms with Crippen molar-refractivity contribution < 1.29 is 9.47 Å². The van der Waals surface area contributed by atoms with E-state index in [1.807, 2.05) is 0 Å². The Hall–Kier alpha value is -0.810. The van der Waals surface area contributed by atoms with Crippen LogP contribution in [0.25, 0.3) is 0 Å². The van der Waals surface area contributed by atoms with Crippen molar-refractivity contribution >= 4 is 5.96 Å². The average molecular weight is 267 g/mol. The lowest BCUT2D eigenvalue weighted by Gasteiger charge is -2.23. The topological polar surface area (TPSA) is 46.1 Å². The van der Waals surface area contributed by atoms with E-state index in [0.29, 0.717) is 18.8 Å². The van der Waals surface area contributed by atoms with Crippen LogP contribution in [0.4, 0.5) is 0 Å². The highest BCUT2D eigenvalue weighted by molar-refractivity contribution is 5.80. The molecule has 0 amide bonds. The summed E-state index contributed by atoms with van der Waals surface area (Å²) in [5.41, 5.74) is 0. The summed E-state index contributed by atoms with van der Waals surface area (Å²) in [5.74, 6) is 2.50. The third-order valence-corrected chi connectivity index (χ3v) is 4.64. The molecule has 5 nitrogen and oxygen atoms in total. The van der Waals surface area contributed by atoms with Crippen LogP contribution in [0, 0.1) is 11.8 Å². The van der Waals surface area contributed by atoms with E-state index in [1.54, 1.807) is 7.11 Å². The molecule has 0 radical (unpaired) electrons. The molecule has 0 aromatic carbocycles. The van der Waals surface area contributed by atoms with Crippen molar-refractivity contribution in [2.45, 2.75) is 32.0 Å². The predicted octanol–water partition coefficient (Wildman–Crippen LogP) is 0.708. The Labute approximate surface area is 115 Å². The summed E-state index contributed by atoms with van der Waals surface area (Å²) >= 11 is 0. The normalized spacial score (nSPS) is 36.9. The van der Waals surface area contributed by atoms with Crippen molar-refractivity contribution in [3.05, 3.63) is 0 Å². The molecule has 3 rings (SSSR count). The van der Waals surface area contributed by atoms with Crippen molar-refractivity contribution in [3.8, 4) is 0 Å². The molecular formula is C14H25N3O2. The number of hydrogen-bond donors (Lipinski definition) is 1. The van der Waals surface area contributed by atoms with Crippen molar-refractivity contribution in [1.82, 2.24) is 10.2 Å². The van der Waals surface area contributed by atoms with Crippen molar-refractivity contribution in [2.24, 2.45) is 16.8 Å². The maximum absolute atomic E-state index is 6.02. The van der Waals surface area contributed by atoms with Gasteiger partial charge >= 0.3 is 0 Å². The van der Waals surface area contributed by atoms with E-state index in [1.165, 1.54) is 12.8 Å². The van der Waals surface area contributed by atoms with E-state index in [0.717, 1.165) is 44.0 Å². The van der Waals surface area contributed by atoms with E-state index in [2.05, 4.69) is 22.1 Å². The van der Waals surface area contributed by atoms with Crippen LogP contribution in [-0.4, -0.2) is 63.0 Å². The highest BCUT2D eigenvalue weighted by Gasteiger charge is 2.53. The molecular weight excluding hydrogens is 242 g/mol. The first-order valence-corrected chi connectivity index (χ1v) is 7.51. The van der Waals surface area contributed by atoms with Gasteiger partial charge in [-0.25, -0.2) is 0 Å². The lowest BCUT2D eigenvalue weighted by molar-refractivity contribution is 0.0767. The van der Waals surface area contributed by atoms with Crippen molar-refractivity contribution in [1.29, 1.82) is 0 Å². The molecule has 0 aliphatic carbocycles. The second kappa shape index (κ2) is 5.67. The zero-order valence-corrected chi connectivity index (χ0v) is 12.0. The second-order valence-corrected chi connectivity index (χ2v) is 5.75. The molecule has 2 bridgehead atoms. The zero-order valence-electron chi connectivity index (χ0n) is 12.0. The summed E-state index contributed by atoms with van der Waals surface area (Å²) in [5, 5.41) is 3.40. The molecule has 3 saturated heterocycles. The number of ether oxygens (including phenoxy) is 2. The van der Waals surface area contributed by atoms with Crippen LogP contribution in [0.15, 0.2) is 4.99 Å². The standard InChI is InChI=1S/C14H25N3O2/c1-3-15-14(16-6-7-18-2)17-8-10-11(9-17)13-5-4-12(10)19-13/h10-13H,3-9H2,1-2H3,(H,15,16). The maximum Gasteiger partial charge on any atom is 0.194 e. The fraction of sp³-hybridized carbons (Fsp3) is 0.929. The molecule has 4 unspecified atom stereocenters. The fourth-order valence-electron chi connectivity index (χ4n) is 3.80. The Morgan fingerprint density at radius 3 is 2.58 bits per heavy atom. The van der Waals surface area contributed by atoms with Gasteiger partial charge in [0.1, 0.15) is 0 Å². The minimum Gasteiger partial charge on any atom is -0.383 e. The molecule has 108 valence electrons. The van der Waals surface area contributed by atoms with Crippen LogP contribution >= 0.6 is 0 Å². The van der Waals surface area contributed by atoms with Crippen LogP contribution in [0.5, 0.6) is 0 Å². The van der Waals surface area contributed by atoms with Crippen LogP contribution < -0.4 is 5.32 Å². The Morgan fingerprint density at radius 2 is 2.00 bits per heavy atom. The van der Waals surface area contributed by atoms with Gasteiger partial charge in [0.25, 0.3) is 0 Å². The molecule has 0 saturated carbocycles. The Kier molecular flexibility index (Phi) is 3.93. The molecule has 0 spiro atoms. The van der Waals surface area contributed by atoms with Crippen LogP contribution in [0.2, 0.25) is 0 Å². The summed E-state index contributed by atoms with van der Waals surface area (Å²) < 4.78 is 11.1. The molecule has 0 aromatic rings. The van der Waals surface area contributed by atoms with Gasteiger partial charge in [0.2, 0.25) is 0 Å². The number of guanidine groups is 1. The summed E-state index contributed by atoms with van der Waals surface area (Å²) in [6, 6.07) is 0. The summed E-state index contributed by atoms with van der Waals surface area (Å²) in [6.07, 6.45) is 3.55. The van der Waals surface area contributed by atoms with Crippen molar-refractivity contribution in [3.63, 3.8) is 0 Å². The Balaban J connectivity index is 1.63. The van der Waals surface area contributed by atoms with Gasteiger partial charge in [0.05, 0.1) is 25.4 Å². The number of nitrogens with zero attached hydrogens (tertiary/aromatic N) is 2. The number of fused-ring (bicyclic) bond motifs is 5. The number of nitrogens with one attached hydrogen (secondary N) is 1. The molecule has 1 N–H and O–H groups in total. The summed E-state index contributed by atoms with van der Waals surface area (Å²) in [7, 11) is 1.72. The van der Waals surface area contributed by atoms with Gasteiger partial charge in [-0.15, -0.1) is 0 Å². The first-order chi connectivity index (χ1) is 9.33. The van der Waals surface area contributed by atoms with Gasteiger partial charge in [-0.2, -0.15) is 0 Å². The second-order valence-electron chi connectivity index (χ2n) is 5.75. The molecule has 4 atom stereocenters. The largest absolute Gasteiger partial charge is 0.383 e. The minimum atomic E-state index is 0.516. The minimum absolute atomic E-state index is 0.516. The predicted molar refractivity (Wildman–Crippen MR) is 74.3 cm³/mol. The third-order valence-electron chi connectivity index (χ3n) is 4.64. The van der Waals surface area contributed by atoms with E-state index >= 15 is 0 Å². The number of methoxy groups -OCH3 is 1. The number of hydrogen-bond acceptors (Lipinski definition) is 3. The Morgan fingerprint density at radius 1 is 1.32 bits per heavy atom. The van der Waals surface area contributed by atoms with Crippen molar-refractivity contribution in [2.75, 3.05) is 39.9 Å². The van der Waals surface area contributed by atoms with E-state index in [4.69, 9.17) is 9.47 Å². The monoisotopic (exact) mass is 267 g/mol. The highest BCUT2D eigenvalue weighted by atomic mass is 16.5. The van der Waals surface area contributed by atoms with Gasteiger partial charge in [-0.3, -0.25) is 4.99 Å². The van der Waals surface area contributed by atoms with Crippen LogP contribution in [0.3, 0.4) is 0 Å². The van der Waals surface area contributed by atoms with E-state index < -0.39 is 0 Å². The van der Waals surface area contributed by atoms with Crippen LogP contribution in [-0.2, 0) is 9.47 Å². The first-order valence-electron chi connectivity index (χ1n) is 7.51. The van der Waals surface area contributed by atoms with E-state index in [-0.39, 0.29) is 0 Å². The van der Waals surface area contributed by atoms with Gasteiger partial charge < -0.3 is 19.7 Å². The van der Waals surface area contributed by atoms with Crippen LogP contribution in [0.1, 0.15) is 19.8 Å². The number of likely N-dealkylation sites (tertiary alicyclic amines) is 1. The van der Waals surface area contributed by atoms with Gasteiger partial charge in [-0.05, 0) is 19.8 Å². The highest BCUT2D eigenvalue weighted by Crippen LogP contribution is 2.47. The first kappa shape index (κ1) is 13.2. The summed E-state index contributed by atoms with van der Waals surface area (Å²) in [4.78, 5) is 7.07. The average Bonchev–Trinajstić information content (AvgIpc) is 3.10. The molecule has 19 heavy (non-hydrogen) atoms. The Bertz CT molecular complexity index is 330. The lowest BCUT2D eigenvalue weighted by atomic mass is 9.82. The maximum atomic E-state index is 6.02. The van der Waals surface area contributed by atoms with Gasteiger partial charge in [0, 0.05) is 38.6 Å². The number of aliphatic imine (C=N–C) groups is 1. The molecule has 3 fully saturated rings.